The molecule has 148 valence electrons. The first-order valence-corrected chi connectivity index (χ1v) is 11.1. The maximum absolute atomic E-state index is 6.18. The minimum absolute atomic E-state index is 0. The summed E-state index contributed by atoms with van der Waals surface area (Å²) in [7, 11) is 0. The second-order valence-electron chi connectivity index (χ2n) is 7.22. The molecular weight excluding hydrogens is 421 g/mol. The molecule has 0 saturated heterocycles. The van der Waals surface area contributed by atoms with E-state index in [9.17, 15) is 0 Å². The van der Waals surface area contributed by atoms with Gasteiger partial charge in [0.05, 0.1) is 13.1 Å². The van der Waals surface area contributed by atoms with Gasteiger partial charge in [-0.05, 0) is 37.8 Å². The third kappa shape index (κ3) is 13.9. The van der Waals surface area contributed by atoms with Crippen LogP contribution in [0.15, 0.2) is 48.5 Å². The van der Waals surface area contributed by atoms with Crippen molar-refractivity contribution >= 4 is 23.2 Å². The maximum atomic E-state index is 6.18. The van der Waals surface area contributed by atoms with E-state index in [1.807, 2.05) is 24.3 Å². The summed E-state index contributed by atoms with van der Waals surface area (Å²) >= 11 is 12.4. The van der Waals surface area contributed by atoms with Crippen molar-refractivity contribution in [3.63, 3.8) is 0 Å². The zero-order valence-electron chi connectivity index (χ0n) is 18.3. The van der Waals surface area contributed by atoms with E-state index in [1.165, 1.54) is 69.2 Å². The van der Waals surface area contributed by atoms with E-state index in [0.29, 0.717) is 0 Å². The predicted molar refractivity (Wildman–Crippen MR) is 116 cm³/mol. The largest absolute Gasteiger partial charge is 1.00 e. The van der Waals surface area contributed by atoms with Gasteiger partial charge < -0.3 is 10.6 Å². The van der Waals surface area contributed by atoms with Crippen molar-refractivity contribution in [1.29, 1.82) is 0 Å². The summed E-state index contributed by atoms with van der Waals surface area (Å²) in [6, 6.07) is 16.3. The summed E-state index contributed by atoms with van der Waals surface area (Å²) in [6.07, 6.45) is 9.39. The molecule has 0 radical (unpaired) electrons. The van der Waals surface area contributed by atoms with Crippen LogP contribution in [-0.2, 0) is 13.1 Å². The van der Waals surface area contributed by atoms with E-state index >= 15 is 0 Å². The van der Waals surface area contributed by atoms with Gasteiger partial charge in [-0.1, -0.05) is 78.9 Å². The Morgan fingerprint density at radius 2 is 0.862 bits per heavy atom. The van der Waals surface area contributed by atoms with Crippen molar-refractivity contribution in [2.45, 2.75) is 58.0 Å². The Hall–Kier alpha value is 0.940. The molecule has 2 aromatic carbocycles. The molecule has 2 nitrogen and oxygen atoms in total. The first-order chi connectivity index (χ1) is 13.3. The molecule has 0 heterocycles. The van der Waals surface area contributed by atoms with Crippen LogP contribution < -0.4 is 69.7 Å². The Balaban J connectivity index is 0.00000392. The zero-order chi connectivity index (χ0) is 19.2. The fourth-order valence-electron chi connectivity index (χ4n) is 3.30. The van der Waals surface area contributed by atoms with Crippen LogP contribution in [0.4, 0.5) is 0 Å². The smallest absolute Gasteiger partial charge is 0.342 e. The number of hydrogen-bond acceptors (Lipinski definition) is 0. The number of benzene rings is 2. The van der Waals surface area contributed by atoms with Crippen molar-refractivity contribution < 1.29 is 69.7 Å². The first-order valence-electron chi connectivity index (χ1n) is 10.4. The normalized spacial score (nSPS) is 10.3. The van der Waals surface area contributed by atoms with E-state index in [-0.39, 0.29) is 59.1 Å². The molecule has 0 bridgehead atoms. The van der Waals surface area contributed by atoms with Crippen molar-refractivity contribution in [1.82, 2.24) is 0 Å². The minimum Gasteiger partial charge on any atom is -0.342 e. The molecule has 0 unspecified atom stereocenters. The van der Waals surface area contributed by atoms with Crippen molar-refractivity contribution in [3.05, 3.63) is 69.7 Å². The molecule has 0 aliphatic carbocycles. The van der Waals surface area contributed by atoms with E-state index in [0.717, 1.165) is 23.1 Å². The minimum atomic E-state index is 0. The molecule has 0 amide bonds. The van der Waals surface area contributed by atoms with Crippen LogP contribution in [0, 0.1) is 0 Å². The van der Waals surface area contributed by atoms with E-state index < -0.39 is 0 Å². The van der Waals surface area contributed by atoms with Gasteiger partial charge in [0.15, 0.2) is 0 Å². The molecule has 0 saturated carbocycles. The Morgan fingerprint density at radius 3 is 1.24 bits per heavy atom. The van der Waals surface area contributed by atoms with Crippen LogP contribution in [0.5, 0.6) is 0 Å². The fraction of sp³-hybridized carbons (Fsp3) is 0.478. The molecule has 6 heteroatoms. The Bertz CT molecular complexity index is 601. The molecule has 4 N–H and O–H groups in total. The van der Waals surface area contributed by atoms with Gasteiger partial charge in [-0.15, -0.1) is 0 Å². The number of hydrogen-bond donors (Lipinski definition) is 2. The number of nitrogens with two attached hydrogens (primary N) is 2. The number of unbranched alkanes of at least 4 members (excludes halogenated alkanes) is 6. The van der Waals surface area contributed by atoms with Crippen LogP contribution in [0.25, 0.3) is 0 Å². The molecule has 0 atom stereocenters. The average Bonchev–Trinajstić information content (AvgIpc) is 2.68. The van der Waals surface area contributed by atoms with Gasteiger partial charge in [0, 0.05) is 21.2 Å². The van der Waals surface area contributed by atoms with Crippen molar-refractivity contribution in [2.24, 2.45) is 0 Å². The van der Waals surface area contributed by atoms with Crippen LogP contribution in [0.3, 0.4) is 0 Å². The summed E-state index contributed by atoms with van der Waals surface area (Å²) in [4.78, 5) is 0. The van der Waals surface area contributed by atoms with E-state index in [2.05, 4.69) is 34.9 Å². The van der Waals surface area contributed by atoms with Gasteiger partial charge in [-0.3, -0.25) is 0 Å². The Labute approximate surface area is 231 Å². The molecule has 0 fully saturated rings. The second kappa shape index (κ2) is 19.6. The molecule has 0 aliphatic rings. The molecule has 0 spiro atoms. The summed E-state index contributed by atoms with van der Waals surface area (Å²) in [5.74, 6) is 0. The van der Waals surface area contributed by atoms with Crippen LogP contribution in [0.2, 0.25) is 10.0 Å². The summed E-state index contributed by atoms with van der Waals surface area (Å²) < 4.78 is 0. The topological polar surface area (TPSA) is 33.2 Å². The van der Waals surface area contributed by atoms with Crippen LogP contribution >= 0.6 is 23.2 Å². The molecule has 0 aliphatic heterocycles. The van der Waals surface area contributed by atoms with Gasteiger partial charge in [0.25, 0.3) is 0 Å². The quantitative estimate of drug-likeness (QED) is 0.259. The Kier molecular flexibility index (Phi) is 20.2. The number of rotatable bonds is 14. The van der Waals surface area contributed by atoms with Crippen molar-refractivity contribution in [3.8, 4) is 0 Å². The van der Waals surface area contributed by atoms with Gasteiger partial charge in [-0.2, -0.15) is 0 Å². The van der Waals surface area contributed by atoms with Gasteiger partial charge in [0.1, 0.15) is 13.1 Å². The molecule has 2 rings (SSSR count). The third-order valence-electron chi connectivity index (χ3n) is 4.96. The van der Waals surface area contributed by atoms with Crippen molar-refractivity contribution in [2.75, 3.05) is 13.1 Å². The zero-order valence-corrected chi connectivity index (χ0v) is 23.8. The van der Waals surface area contributed by atoms with Gasteiger partial charge in [-0.25, -0.2) is 0 Å². The van der Waals surface area contributed by atoms with E-state index in [4.69, 9.17) is 23.2 Å². The van der Waals surface area contributed by atoms with Crippen LogP contribution in [0.1, 0.15) is 56.1 Å². The number of halogens is 2. The molecule has 2 aromatic rings. The first kappa shape index (κ1) is 29.9. The summed E-state index contributed by atoms with van der Waals surface area (Å²) in [5, 5.41) is 6.52. The fourth-order valence-corrected chi connectivity index (χ4v) is 3.73. The maximum Gasteiger partial charge on any atom is 1.00 e. The monoisotopic (exact) mass is 454 g/mol. The molecule has 29 heavy (non-hydrogen) atoms. The van der Waals surface area contributed by atoms with Gasteiger partial charge >= 0.3 is 59.1 Å². The van der Waals surface area contributed by atoms with E-state index in [1.54, 1.807) is 0 Å². The average molecular weight is 455 g/mol. The second-order valence-corrected chi connectivity index (χ2v) is 8.04. The van der Waals surface area contributed by atoms with Gasteiger partial charge in [0.2, 0.25) is 0 Å². The summed E-state index contributed by atoms with van der Waals surface area (Å²) in [6.45, 7) is 4.37. The molecule has 0 aromatic heterocycles. The third-order valence-corrected chi connectivity index (χ3v) is 5.70. The molecular formula is C23H34Cl2N2Na2+4. The standard InChI is InChI=1S/C23H32Cl2N2.2Na/c24-22-14-8-6-12-20(22)18-26-16-10-4-2-1-3-5-11-17-27-19-21-13-7-9-15-23(21)25;;/h6-9,12-15,26-27H,1-5,10-11,16-19H2;;/q;2*+1/p+2. The summed E-state index contributed by atoms with van der Waals surface area (Å²) in [5.41, 5.74) is 2.48. The van der Waals surface area contributed by atoms with Crippen LogP contribution in [-0.4, -0.2) is 13.1 Å². The SMILES string of the molecule is Clc1ccccc1C[NH2+]CCCCCCCCC[NH2+]Cc1ccccc1Cl.[Na+].[Na+]. The number of quaternary nitrogens is 2. The Morgan fingerprint density at radius 1 is 0.517 bits per heavy atom. The predicted octanol–water partition coefficient (Wildman–Crippen LogP) is -1.44.